The fraction of sp³-hybridized carbons (Fsp3) is 0.562. The van der Waals surface area contributed by atoms with Crippen molar-refractivity contribution >= 4 is 11.6 Å². The summed E-state index contributed by atoms with van der Waals surface area (Å²) < 4.78 is 10.9. The van der Waals surface area contributed by atoms with Gasteiger partial charge in [0, 0.05) is 24.3 Å². The van der Waals surface area contributed by atoms with Gasteiger partial charge in [-0.1, -0.05) is 19.9 Å². The van der Waals surface area contributed by atoms with E-state index in [2.05, 4.69) is 19.2 Å². The van der Waals surface area contributed by atoms with E-state index in [1.807, 2.05) is 6.92 Å². The molecule has 2 rings (SSSR count). The number of carbonyl (C=O) groups is 1. The molecule has 21 heavy (non-hydrogen) atoms. The van der Waals surface area contributed by atoms with Gasteiger partial charge in [-0.15, -0.1) is 0 Å². The van der Waals surface area contributed by atoms with Gasteiger partial charge in [-0.3, -0.25) is 4.79 Å². The summed E-state index contributed by atoms with van der Waals surface area (Å²) >= 11 is 0. The first kappa shape index (κ1) is 15.6. The number of methoxy groups -OCH3 is 1. The van der Waals surface area contributed by atoms with Gasteiger partial charge in [0.25, 0.3) is 5.91 Å². The Morgan fingerprint density at radius 2 is 2.19 bits per heavy atom. The average Bonchev–Trinajstić information content (AvgIpc) is 2.43. The second-order valence-electron chi connectivity index (χ2n) is 5.96. The van der Waals surface area contributed by atoms with Crippen molar-refractivity contribution in [1.82, 2.24) is 5.32 Å². The number of benzene rings is 1. The van der Waals surface area contributed by atoms with Crippen molar-refractivity contribution in [2.45, 2.75) is 39.3 Å². The smallest absolute Gasteiger partial charge is 0.257 e. The molecule has 1 aliphatic carbocycles. The van der Waals surface area contributed by atoms with E-state index in [-0.39, 0.29) is 23.5 Å². The van der Waals surface area contributed by atoms with Crippen LogP contribution >= 0.6 is 0 Å². The van der Waals surface area contributed by atoms with Gasteiger partial charge in [0.05, 0.1) is 12.7 Å². The molecule has 1 saturated carbocycles. The summed E-state index contributed by atoms with van der Waals surface area (Å²) in [6, 6.07) is 5.33. The molecule has 0 saturated heterocycles. The molecular weight excluding hydrogens is 268 g/mol. The number of amides is 1. The highest BCUT2D eigenvalue weighted by molar-refractivity contribution is 6.02. The van der Waals surface area contributed by atoms with Crippen molar-refractivity contribution in [3.8, 4) is 5.75 Å². The van der Waals surface area contributed by atoms with Crippen LogP contribution in [0, 0.1) is 5.41 Å². The Hall–Kier alpha value is -1.75. The van der Waals surface area contributed by atoms with Crippen LogP contribution in [0.4, 0.5) is 5.69 Å². The van der Waals surface area contributed by atoms with Crippen LogP contribution in [0.1, 0.15) is 37.6 Å². The van der Waals surface area contributed by atoms with E-state index in [1.165, 1.54) is 0 Å². The molecule has 5 nitrogen and oxygen atoms in total. The first-order valence-corrected chi connectivity index (χ1v) is 7.26. The van der Waals surface area contributed by atoms with E-state index in [0.717, 1.165) is 6.42 Å². The molecule has 0 spiro atoms. The highest BCUT2D eigenvalue weighted by Crippen LogP contribution is 2.42. The number of carbonyl (C=O) groups excluding carboxylic acids is 1. The maximum Gasteiger partial charge on any atom is 0.257 e. The molecule has 2 unspecified atom stereocenters. The van der Waals surface area contributed by atoms with Crippen LogP contribution < -0.4 is 15.8 Å². The number of nitrogens with one attached hydrogen (secondary N) is 1. The molecule has 1 amide bonds. The fourth-order valence-corrected chi connectivity index (χ4v) is 2.83. The zero-order chi connectivity index (χ0) is 15.6. The minimum atomic E-state index is -0.191. The van der Waals surface area contributed by atoms with Gasteiger partial charge in [-0.2, -0.15) is 0 Å². The third-order valence-electron chi connectivity index (χ3n) is 4.35. The lowest BCUT2D eigenvalue weighted by Crippen LogP contribution is -2.61. The van der Waals surface area contributed by atoms with E-state index in [9.17, 15) is 4.79 Å². The lowest BCUT2D eigenvalue weighted by molar-refractivity contribution is -0.0942. The topological polar surface area (TPSA) is 73.6 Å². The first-order valence-electron chi connectivity index (χ1n) is 7.26. The lowest BCUT2D eigenvalue weighted by Gasteiger charge is -2.51. The lowest BCUT2D eigenvalue weighted by atomic mass is 9.64. The van der Waals surface area contributed by atoms with Crippen molar-refractivity contribution < 1.29 is 14.3 Å². The van der Waals surface area contributed by atoms with Gasteiger partial charge in [0.15, 0.2) is 0 Å². The maximum absolute atomic E-state index is 12.5. The molecule has 0 aliphatic heterocycles. The third kappa shape index (κ3) is 2.83. The highest BCUT2D eigenvalue weighted by Gasteiger charge is 2.49. The summed E-state index contributed by atoms with van der Waals surface area (Å²) in [6.07, 6.45) is 0.980. The SMILES string of the molecule is CCOc1cccc(N)c1C(=O)NC1CC(OC)C1(C)C. The summed E-state index contributed by atoms with van der Waals surface area (Å²) in [5.41, 5.74) is 6.70. The predicted octanol–water partition coefficient (Wildman–Crippen LogP) is 2.21. The normalized spacial score (nSPS) is 23.2. The summed E-state index contributed by atoms with van der Waals surface area (Å²) in [7, 11) is 1.70. The molecule has 2 atom stereocenters. The number of anilines is 1. The zero-order valence-electron chi connectivity index (χ0n) is 13.1. The Morgan fingerprint density at radius 3 is 2.76 bits per heavy atom. The van der Waals surface area contributed by atoms with Crippen molar-refractivity contribution in [2.24, 2.45) is 5.41 Å². The molecule has 116 valence electrons. The molecule has 0 radical (unpaired) electrons. The summed E-state index contributed by atoms with van der Waals surface area (Å²) in [5, 5.41) is 3.05. The third-order valence-corrected chi connectivity index (χ3v) is 4.35. The standard InChI is InChI=1S/C16H24N2O3/c1-5-21-11-8-6-7-10(17)14(11)15(19)18-12-9-13(20-4)16(12,2)3/h6-8,12-13H,5,9,17H2,1-4H3,(H,18,19). The molecular formula is C16H24N2O3. The Morgan fingerprint density at radius 1 is 1.48 bits per heavy atom. The van der Waals surface area contributed by atoms with Crippen molar-refractivity contribution in [1.29, 1.82) is 0 Å². The van der Waals surface area contributed by atoms with Crippen LogP contribution in [0.2, 0.25) is 0 Å². The molecule has 1 aromatic rings. The molecule has 1 aromatic carbocycles. The van der Waals surface area contributed by atoms with E-state index in [4.69, 9.17) is 15.2 Å². The van der Waals surface area contributed by atoms with E-state index < -0.39 is 0 Å². The minimum Gasteiger partial charge on any atom is -0.493 e. The largest absolute Gasteiger partial charge is 0.493 e. The number of nitrogen functional groups attached to an aromatic ring is 1. The van der Waals surface area contributed by atoms with Gasteiger partial charge in [0.2, 0.25) is 0 Å². The van der Waals surface area contributed by atoms with Crippen LogP contribution in [0.3, 0.4) is 0 Å². The molecule has 0 aromatic heterocycles. The second kappa shape index (κ2) is 5.93. The number of hydrogen-bond acceptors (Lipinski definition) is 4. The predicted molar refractivity (Wildman–Crippen MR) is 82.5 cm³/mol. The van der Waals surface area contributed by atoms with Gasteiger partial charge < -0.3 is 20.5 Å². The van der Waals surface area contributed by atoms with Crippen LogP contribution in [-0.2, 0) is 4.74 Å². The molecule has 1 aliphatic rings. The Balaban J connectivity index is 2.15. The van der Waals surface area contributed by atoms with Crippen molar-refractivity contribution in [3.05, 3.63) is 23.8 Å². The first-order chi connectivity index (χ1) is 9.91. The Bertz CT molecular complexity index is 528. The summed E-state index contributed by atoms with van der Waals surface area (Å²) in [4.78, 5) is 12.5. The summed E-state index contributed by atoms with van der Waals surface area (Å²) in [6.45, 7) is 6.55. The maximum atomic E-state index is 12.5. The van der Waals surface area contributed by atoms with E-state index in [1.54, 1.807) is 25.3 Å². The summed E-state index contributed by atoms with van der Waals surface area (Å²) in [5.74, 6) is 0.333. The number of rotatable bonds is 5. The molecule has 5 heteroatoms. The zero-order valence-corrected chi connectivity index (χ0v) is 13.1. The van der Waals surface area contributed by atoms with Crippen LogP contribution in [0.15, 0.2) is 18.2 Å². The average molecular weight is 292 g/mol. The van der Waals surface area contributed by atoms with Gasteiger partial charge >= 0.3 is 0 Å². The van der Waals surface area contributed by atoms with E-state index in [0.29, 0.717) is 23.6 Å². The fourth-order valence-electron chi connectivity index (χ4n) is 2.83. The van der Waals surface area contributed by atoms with Crippen molar-refractivity contribution in [2.75, 3.05) is 19.5 Å². The molecule has 1 fully saturated rings. The monoisotopic (exact) mass is 292 g/mol. The molecule has 0 heterocycles. The van der Waals surface area contributed by atoms with Gasteiger partial charge in [0.1, 0.15) is 11.3 Å². The number of ether oxygens (including phenoxy) is 2. The molecule has 3 N–H and O–H groups in total. The minimum absolute atomic E-state index is 0.0732. The van der Waals surface area contributed by atoms with Crippen molar-refractivity contribution in [3.63, 3.8) is 0 Å². The van der Waals surface area contributed by atoms with Gasteiger partial charge in [-0.25, -0.2) is 0 Å². The number of nitrogens with two attached hydrogens (primary N) is 1. The van der Waals surface area contributed by atoms with E-state index >= 15 is 0 Å². The Kier molecular flexibility index (Phi) is 4.42. The van der Waals surface area contributed by atoms with Crippen LogP contribution in [0.5, 0.6) is 5.75 Å². The quantitative estimate of drug-likeness (QED) is 0.816. The highest BCUT2D eigenvalue weighted by atomic mass is 16.5. The Labute approximate surface area is 125 Å². The van der Waals surface area contributed by atoms with Gasteiger partial charge in [-0.05, 0) is 25.5 Å². The van der Waals surface area contributed by atoms with Crippen LogP contribution in [-0.4, -0.2) is 31.8 Å². The number of hydrogen-bond donors (Lipinski definition) is 2. The molecule has 0 bridgehead atoms. The van der Waals surface area contributed by atoms with Crippen LogP contribution in [0.25, 0.3) is 0 Å². The second-order valence-corrected chi connectivity index (χ2v) is 5.96.